The number of amides is 1. The maximum atomic E-state index is 12.2. The molecule has 0 atom stereocenters. The number of nitrogens with one attached hydrogen (secondary N) is 1. The summed E-state index contributed by atoms with van der Waals surface area (Å²) in [6, 6.07) is 24.9. The standard InChI is InChI=1S/C20H16ClNOS/c21-18-8-4-5-9-19(18)24-14-15-10-12-16(13-11-15)20(23)22-17-6-2-1-3-7-17/h1-13H,14H2,(H,22,23). The van der Waals surface area contributed by atoms with E-state index in [4.69, 9.17) is 11.6 Å². The second kappa shape index (κ2) is 8.04. The zero-order valence-electron chi connectivity index (χ0n) is 12.9. The largest absolute Gasteiger partial charge is 0.322 e. The number of halogens is 1. The number of anilines is 1. The lowest BCUT2D eigenvalue weighted by molar-refractivity contribution is 0.102. The summed E-state index contributed by atoms with van der Waals surface area (Å²) in [5, 5.41) is 3.65. The first-order valence-electron chi connectivity index (χ1n) is 7.55. The number of benzene rings is 3. The molecule has 3 aromatic carbocycles. The zero-order chi connectivity index (χ0) is 16.8. The number of hydrogen-bond acceptors (Lipinski definition) is 2. The third kappa shape index (κ3) is 4.40. The SMILES string of the molecule is O=C(Nc1ccccc1)c1ccc(CSc2ccccc2Cl)cc1. The summed E-state index contributed by atoms with van der Waals surface area (Å²) < 4.78 is 0. The van der Waals surface area contributed by atoms with E-state index in [-0.39, 0.29) is 5.91 Å². The molecule has 0 aliphatic rings. The van der Waals surface area contributed by atoms with Crippen LogP contribution in [0.25, 0.3) is 0 Å². The van der Waals surface area contributed by atoms with Crippen LogP contribution in [-0.4, -0.2) is 5.91 Å². The Hall–Kier alpha value is -2.23. The Balaban J connectivity index is 1.61. The molecule has 2 nitrogen and oxygen atoms in total. The quantitative estimate of drug-likeness (QED) is 0.580. The van der Waals surface area contributed by atoms with E-state index < -0.39 is 0 Å². The van der Waals surface area contributed by atoms with Gasteiger partial charge in [-0.3, -0.25) is 4.79 Å². The lowest BCUT2D eigenvalue weighted by Gasteiger charge is -2.07. The molecule has 0 aliphatic heterocycles. The van der Waals surface area contributed by atoms with Crippen LogP contribution in [-0.2, 0) is 5.75 Å². The van der Waals surface area contributed by atoms with Gasteiger partial charge in [0.15, 0.2) is 0 Å². The average molecular weight is 354 g/mol. The zero-order valence-corrected chi connectivity index (χ0v) is 14.5. The van der Waals surface area contributed by atoms with Crippen LogP contribution in [0.5, 0.6) is 0 Å². The molecule has 0 aromatic heterocycles. The molecule has 24 heavy (non-hydrogen) atoms. The summed E-state index contributed by atoms with van der Waals surface area (Å²) in [5.41, 5.74) is 2.59. The lowest BCUT2D eigenvalue weighted by atomic mass is 10.1. The average Bonchev–Trinajstić information content (AvgIpc) is 2.62. The second-order valence-electron chi connectivity index (χ2n) is 5.24. The molecule has 0 heterocycles. The van der Waals surface area contributed by atoms with Gasteiger partial charge in [-0.15, -0.1) is 11.8 Å². The van der Waals surface area contributed by atoms with E-state index in [9.17, 15) is 4.79 Å². The van der Waals surface area contributed by atoms with Crippen molar-refractivity contribution in [3.05, 3.63) is 95.0 Å². The molecular weight excluding hydrogens is 338 g/mol. The summed E-state index contributed by atoms with van der Waals surface area (Å²) in [6.07, 6.45) is 0. The lowest BCUT2D eigenvalue weighted by Crippen LogP contribution is -2.11. The number of para-hydroxylation sites is 1. The smallest absolute Gasteiger partial charge is 0.255 e. The number of carbonyl (C=O) groups is 1. The molecule has 1 amide bonds. The van der Waals surface area contributed by atoms with Crippen molar-refractivity contribution >= 4 is 35.0 Å². The van der Waals surface area contributed by atoms with Crippen molar-refractivity contribution in [3.8, 4) is 0 Å². The Morgan fingerprint density at radius 3 is 2.25 bits per heavy atom. The van der Waals surface area contributed by atoms with Crippen LogP contribution in [0.3, 0.4) is 0 Å². The van der Waals surface area contributed by atoms with Gasteiger partial charge in [-0.1, -0.05) is 54.1 Å². The number of thioether (sulfide) groups is 1. The molecular formula is C20H16ClNOS. The van der Waals surface area contributed by atoms with E-state index in [0.29, 0.717) is 5.56 Å². The van der Waals surface area contributed by atoms with Gasteiger partial charge in [-0.2, -0.15) is 0 Å². The minimum atomic E-state index is -0.105. The number of rotatable bonds is 5. The third-order valence-electron chi connectivity index (χ3n) is 3.48. The highest BCUT2D eigenvalue weighted by atomic mass is 35.5. The van der Waals surface area contributed by atoms with Crippen LogP contribution in [0.4, 0.5) is 5.69 Å². The van der Waals surface area contributed by atoms with Crippen LogP contribution in [0.15, 0.2) is 83.8 Å². The van der Waals surface area contributed by atoms with Gasteiger partial charge in [-0.05, 0) is 42.0 Å². The first kappa shape index (κ1) is 16.6. The summed E-state index contributed by atoms with van der Waals surface area (Å²) in [5.74, 6) is 0.705. The van der Waals surface area contributed by atoms with Crippen molar-refractivity contribution < 1.29 is 4.79 Å². The van der Waals surface area contributed by atoms with E-state index in [0.717, 1.165) is 26.9 Å². The minimum Gasteiger partial charge on any atom is -0.322 e. The minimum absolute atomic E-state index is 0.105. The highest BCUT2D eigenvalue weighted by Gasteiger charge is 2.06. The van der Waals surface area contributed by atoms with Crippen LogP contribution >= 0.6 is 23.4 Å². The highest BCUT2D eigenvalue weighted by molar-refractivity contribution is 7.98. The fourth-order valence-electron chi connectivity index (χ4n) is 2.20. The van der Waals surface area contributed by atoms with Gasteiger partial charge >= 0.3 is 0 Å². The Bertz CT molecular complexity index is 819. The predicted octanol–water partition coefficient (Wildman–Crippen LogP) is 5.88. The van der Waals surface area contributed by atoms with Gasteiger partial charge in [0, 0.05) is 21.9 Å². The van der Waals surface area contributed by atoms with Gasteiger partial charge in [-0.25, -0.2) is 0 Å². The van der Waals surface area contributed by atoms with Gasteiger partial charge in [0.2, 0.25) is 0 Å². The third-order valence-corrected chi connectivity index (χ3v) is 5.07. The van der Waals surface area contributed by atoms with Gasteiger partial charge < -0.3 is 5.32 Å². The van der Waals surface area contributed by atoms with Crippen molar-refractivity contribution in [1.82, 2.24) is 0 Å². The predicted molar refractivity (Wildman–Crippen MR) is 102 cm³/mol. The number of hydrogen-bond donors (Lipinski definition) is 1. The molecule has 4 heteroatoms. The van der Waals surface area contributed by atoms with Gasteiger partial charge in [0.25, 0.3) is 5.91 Å². The maximum absolute atomic E-state index is 12.2. The van der Waals surface area contributed by atoms with Crippen molar-refractivity contribution in [2.24, 2.45) is 0 Å². The monoisotopic (exact) mass is 353 g/mol. The highest BCUT2D eigenvalue weighted by Crippen LogP contribution is 2.29. The molecule has 3 rings (SSSR count). The summed E-state index contributed by atoms with van der Waals surface area (Å²) in [7, 11) is 0. The molecule has 0 aliphatic carbocycles. The van der Waals surface area contributed by atoms with Crippen molar-refractivity contribution in [3.63, 3.8) is 0 Å². The first-order valence-corrected chi connectivity index (χ1v) is 8.91. The Kier molecular flexibility index (Phi) is 5.57. The fraction of sp³-hybridized carbons (Fsp3) is 0.0500. The molecule has 3 aromatic rings. The second-order valence-corrected chi connectivity index (χ2v) is 6.66. The molecule has 0 unspecified atom stereocenters. The van der Waals surface area contributed by atoms with E-state index in [1.807, 2.05) is 78.9 Å². The molecule has 0 fully saturated rings. The van der Waals surface area contributed by atoms with Crippen molar-refractivity contribution in [2.45, 2.75) is 10.6 Å². The molecule has 120 valence electrons. The van der Waals surface area contributed by atoms with Gasteiger partial charge in [0.05, 0.1) is 5.02 Å². The van der Waals surface area contributed by atoms with E-state index >= 15 is 0 Å². The van der Waals surface area contributed by atoms with Crippen LogP contribution in [0.1, 0.15) is 15.9 Å². The molecule has 0 bridgehead atoms. The van der Waals surface area contributed by atoms with Crippen molar-refractivity contribution in [1.29, 1.82) is 0 Å². The van der Waals surface area contributed by atoms with E-state index in [2.05, 4.69) is 5.32 Å². The summed E-state index contributed by atoms with van der Waals surface area (Å²) in [4.78, 5) is 13.3. The maximum Gasteiger partial charge on any atom is 0.255 e. The van der Waals surface area contributed by atoms with E-state index in [1.165, 1.54) is 0 Å². The molecule has 0 radical (unpaired) electrons. The summed E-state index contributed by atoms with van der Waals surface area (Å²) >= 11 is 7.85. The van der Waals surface area contributed by atoms with Gasteiger partial charge in [0.1, 0.15) is 0 Å². The topological polar surface area (TPSA) is 29.1 Å². The number of carbonyl (C=O) groups excluding carboxylic acids is 1. The molecule has 0 spiro atoms. The van der Waals surface area contributed by atoms with Crippen LogP contribution in [0.2, 0.25) is 5.02 Å². The van der Waals surface area contributed by atoms with E-state index in [1.54, 1.807) is 11.8 Å². The first-order chi connectivity index (χ1) is 11.7. The fourth-order valence-corrected chi connectivity index (χ4v) is 3.39. The molecule has 0 saturated carbocycles. The Morgan fingerprint density at radius 2 is 1.54 bits per heavy atom. The van der Waals surface area contributed by atoms with Crippen molar-refractivity contribution in [2.75, 3.05) is 5.32 Å². The Labute approximate surface area is 150 Å². The van der Waals surface area contributed by atoms with Crippen LogP contribution < -0.4 is 5.32 Å². The van der Waals surface area contributed by atoms with Crippen LogP contribution in [0, 0.1) is 0 Å². The summed E-state index contributed by atoms with van der Waals surface area (Å²) in [6.45, 7) is 0. The Morgan fingerprint density at radius 1 is 0.875 bits per heavy atom. The molecule has 0 saturated heterocycles. The molecule has 1 N–H and O–H groups in total. The normalized spacial score (nSPS) is 10.4.